The number of ether oxygens (including phenoxy) is 1. The molecule has 168 valence electrons. The third-order valence-corrected chi connectivity index (χ3v) is 6.65. The number of carbonyl (C=O) groups excluding carboxylic acids is 1. The van der Waals surface area contributed by atoms with Gasteiger partial charge in [0.25, 0.3) is 5.91 Å². The molecule has 1 saturated heterocycles. The molecule has 1 N–H and O–H groups in total. The summed E-state index contributed by atoms with van der Waals surface area (Å²) in [7, 11) is -1.84. The summed E-state index contributed by atoms with van der Waals surface area (Å²) >= 11 is 0. The fourth-order valence-corrected chi connectivity index (χ4v) is 4.06. The molecular formula is C23H31N3O4S. The van der Waals surface area contributed by atoms with E-state index in [9.17, 15) is 13.2 Å². The second kappa shape index (κ2) is 10.2. The summed E-state index contributed by atoms with van der Waals surface area (Å²) in [6.45, 7) is 5.39. The number of hydrogen-bond donors (Lipinski definition) is 1. The molecule has 2 aromatic rings. The number of nitrogens with one attached hydrogen (secondary N) is 1. The maximum atomic E-state index is 12.5. The van der Waals surface area contributed by atoms with E-state index >= 15 is 0 Å². The Kier molecular flexibility index (Phi) is 7.56. The maximum absolute atomic E-state index is 12.5. The zero-order valence-corrected chi connectivity index (χ0v) is 19.2. The topological polar surface area (TPSA) is 78.9 Å². The predicted molar refractivity (Wildman–Crippen MR) is 123 cm³/mol. The average Bonchev–Trinajstić information content (AvgIpc) is 3.24. The highest BCUT2D eigenvalue weighted by atomic mass is 32.2. The van der Waals surface area contributed by atoms with Crippen LogP contribution in [0.15, 0.2) is 48.5 Å². The Morgan fingerprint density at radius 2 is 1.77 bits per heavy atom. The summed E-state index contributed by atoms with van der Waals surface area (Å²) < 4.78 is 30.1. The molecule has 0 aliphatic carbocycles. The third kappa shape index (κ3) is 6.70. The molecule has 0 bridgehead atoms. The van der Waals surface area contributed by atoms with Crippen molar-refractivity contribution in [1.29, 1.82) is 0 Å². The first-order valence-corrected chi connectivity index (χ1v) is 12.4. The van der Waals surface area contributed by atoms with E-state index in [1.165, 1.54) is 29.8 Å². The van der Waals surface area contributed by atoms with Crippen LogP contribution in [0.1, 0.15) is 30.9 Å². The van der Waals surface area contributed by atoms with Gasteiger partial charge in [-0.3, -0.25) is 14.0 Å². The zero-order valence-electron chi connectivity index (χ0n) is 18.4. The molecule has 1 fully saturated rings. The van der Waals surface area contributed by atoms with Crippen LogP contribution in [0, 0.1) is 0 Å². The number of anilines is 1. The molecule has 1 atom stereocenters. The van der Waals surface area contributed by atoms with E-state index in [1.54, 1.807) is 31.2 Å². The number of sulfonamides is 1. The minimum Gasteiger partial charge on any atom is -0.481 e. The minimum absolute atomic E-state index is 0.206. The fraction of sp³-hybridized carbons (Fsp3) is 0.435. The van der Waals surface area contributed by atoms with Crippen molar-refractivity contribution in [3.63, 3.8) is 0 Å². The van der Waals surface area contributed by atoms with Gasteiger partial charge in [-0.15, -0.1) is 0 Å². The first-order valence-electron chi connectivity index (χ1n) is 10.5. The van der Waals surface area contributed by atoms with Crippen molar-refractivity contribution in [1.82, 2.24) is 10.2 Å². The number of benzene rings is 2. The number of likely N-dealkylation sites (tertiary alicyclic amines) is 1. The van der Waals surface area contributed by atoms with Crippen molar-refractivity contribution in [2.45, 2.75) is 39.0 Å². The lowest BCUT2D eigenvalue weighted by molar-refractivity contribution is -0.127. The van der Waals surface area contributed by atoms with Gasteiger partial charge in [-0.1, -0.05) is 24.3 Å². The Labute approximate surface area is 185 Å². The Morgan fingerprint density at radius 1 is 1.13 bits per heavy atom. The van der Waals surface area contributed by atoms with Crippen LogP contribution in [0.5, 0.6) is 5.75 Å². The van der Waals surface area contributed by atoms with Gasteiger partial charge in [0, 0.05) is 20.1 Å². The molecule has 2 aromatic carbocycles. The van der Waals surface area contributed by atoms with Crippen LogP contribution in [0.3, 0.4) is 0 Å². The SMILES string of the molecule is CC(Oc1ccc(N(C)S(C)(=O)=O)cc1)C(=O)NCc1cccc(CN2CCCC2)c1. The van der Waals surface area contributed by atoms with Gasteiger partial charge in [0.1, 0.15) is 5.75 Å². The van der Waals surface area contributed by atoms with Crippen LogP contribution < -0.4 is 14.4 Å². The Bertz CT molecular complexity index is 986. The van der Waals surface area contributed by atoms with Crippen molar-refractivity contribution in [3.05, 3.63) is 59.7 Å². The molecule has 8 heteroatoms. The molecule has 1 aliphatic heterocycles. The van der Waals surface area contributed by atoms with Crippen molar-refractivity contribution in [3.8, 4) is 5.75 Å². The lowest BCUT2D eigenvalue weighted by Gasteiger charge is -2.18. The summed E-state index contributed by atoms with van der Waals surface area (Å²) in [6, 6.07) is 14.9. The number of hydrogen-bond acceptors (Lipinski definition) is 5. The zero-order chi connectivity index (χ0) is 22.4. The van der Waals surface area contributed by atoms with Crippen LogP contribution in [-0.4, -0.2) is 51.7 Å². The maximum Gasteiger partial charge on any atom is 0.261 e. The summed E-state index contributed by atoms with van der Waals surface area (Å²) in [5.41, 5.74) is 2.85. The summed E-state index contributed by atoms with van der Waals surface area (Å²) in [4.78, 5) is 14.9. The number of nitrogens with zero attached hydrogens (tertiary/aromatic N) is 2. The van der Waals surface area contributed by atoms with E-state index in [4.69, 9.17) is 4.74 Å². The van der Waals surface area contributed by atoms with Gasteiger partial charge >= 0.3 is 0 Å². The first kappa shape index (κ1) is 23.1. The molecule has 7 nitrogen and oxygen atoms in total. The molecule has 1 amide bonds. The Morgan fingerprint density at radius 3 is 2.42 bits per heavy atom. The third-order valence-electron chi connectivity index (χ3n) is 5.44. The molecule has 0 radical (unpaired) electrons. The number of carbonyl (C=O) groups is 1. The van der Waals surface area contributed by atoms with E-state index in [2.05, 4.69) is 22.3 Å². The summed E-state index contributed by atoms with van der Waals surface area (Å²) in [5, 5.41) is 2.92. The lowest BCUT2D eigenvalue weighted by atomic mass is 10.1. The van der Waals surface area contributed by atoms with Crippen molar-refractivity contribution in [2.75, 3.05) is 30.7 Å². The van der Waals surface area contributed by atoms with Gasteiger partial charge in [-0.05, 0) is 68.2 Å². The van der Waals surface area contributed by atoms with Gasteiger partial charge in [0.2, 0.25) is 10.0 Å². The Hall–Kier alpha value is -2.58. The van der Waals surface area contributed by atoms with Gasteiger partial charge < -0.3 is 10.1 Å². The van der Waals surface area contributed by atoms with E-state index in [-0.39, 0.29) is 5.91 Å². The molecule has 0 saturated carbocycles. The second-order valence-electron chi connectivity index (χ2n) is 8.01. The van der Waals surface area contributed by atoms with E-state index in [0.717, 1.165) is 31.5 Å². The lowest BCUT2D eigenvalue weighted by Crippen LogP contribution is -2.35. The average molecular weight is 446 g/mol. The highest BCUT2D eigenvalue weighted by molar-refractivity contribution is 7.92. The molecule has 3 rings (SSSR count). The fourth-order valence-electron chi connectivity index (χ4n) is 3.55. The molecule has 1 unspecified atom stereocenters. The standard InChI is InChI=1S/C23H31N3O4S/c1-18(30-22-11-9-21(10-12-22)25(2)31(3,28)29)23(27)24-16-19-7-6-8-20(15-19)17-26-13-4-5-14-26/h6-12,15,18H,4-5,13-14,16-17H2,1-3H3,(H,24,27). The van der Waals surface area contributed by atoms with Gasteiger partial charge in [-0.25, -0.2) is 8.42 Å². The van der Waals surface area contributed by atoms with Gasteiger partial charge in [0.05, 0.1) is 11.9 Å². The minimum atomic E-state index is -3.32. The highest BCUT2D eigenvalue weighted by Crippen LogP contribution is 2.21. The van der Waals surface area contributed by atoms with Crippen LogP contribution in [0.25, 0.3) is 0 Å². The molecule has 1 aliphatic rings. The van der Waals surface area contributed by atoms with Crippen molar-refractivity contribution >= 4 is 21.6 Å². The molecule has 1 heterocycles. The van der Waals surface area contributed by atoms with Crippen LogP contribution in [-0.2, 0) is 27.9 Å². The quantitative estimate of drug-likeness (QED) is 0.642. The Balaban J connectivity index is 1.50. The molecular weight excluding hydrogens is 414 g/mol. The molecule has 0 aromatic heterocycles. The summed E-state index contributed by atoms with van der Waals surface area (Å²) in [6.07, 6.45) is 3.01. The smallest absolute Gasteiger partial charge is 0.261 e. The van der Waals surface area contributed by atoms with Crippen LogP contribution >= 0.6 is 0 Å². The molecule has 0 spiro atoms. The normalized spacial score (nSPS) is 15.5. The second-order valence-corrected chi connectivity index (χ2v) is 10.0. The number of amides is 1. The monoisotopic (exact) mass is 445 g/mol. The summed E-state index contributed by atoms with van der Waals surface area (Å²) in [5.74, 6) is 0.295. The van der Waals surface area contributed by atoms with E-state index in [1.807, 2.05) is 12.1 Å². The van der Waals surface area contributed by atoms with E-state index < -0.39 is 16.1 Å². The largest absolute Gasteiger partial charge is 0.481 e. The van der Waals surface area contributed by atoms with Crippen LogP contribution in [0.2, 0.25) is 0 Å². The number of rotatable bonds is 9. The van der Waals surface area contributed by atoms with Gasteiger partial charge in [-0.2, -0.15) is 0 Å². The predicted octanol–water partition coefficient (Wildman–Crippen LogP) is 2.76. The first-order chi connectivity index (χ1) is 14.7. The van der Waals surface area contributed by atoms with Crippen molar-refractivity contribution < 1.29 is 17.9 Å². The van der Waals surface area contributed by atoms with Gasteiger partial charge in [0.15, 0.2) is 6.10 Å². The van der Waals surface area contributed by atoms with Crippen molar-refractivity contribution in [2.24, 2.45) is 0 Å². The highest BCUT2D eigenvalue weighted by Gasteiger charge is 2.16. The van der Waals surface area contributed by atoms with Crippen LogP contribution in [0.4, 0.5) is 5.69 Å². The molecule has 31 heavy (non-hydrogen) atoms. The van der Waals surface area contributed by atoms with E-state index in [0.29, 0.717) is 18.0 Å².